The van der Waals surface area contributed by atoms with Crippen molar-refractivity contribution in [1.29, 1.82) is 0 Å². The number of ether oxygens (including phenoxy) is 1. The van der Waals surface area contributed by atoms with Crippen molar-refractivity contribution in [2.75, 3.05) is 32.8 Å². The van der Waals surface area contributed by atoms with Crippen LogP contribution in [0.5, 0.6) is 0 Å². The number of nitrogens with zero attached hydrogens (tertiary/aromatic N) is 1. The second-order valence-electron chi connectivity index (χ2n) is 5.38. The van der Waals surface area contributed by atoms with Gasteiger partial charge in [-0.3, -0.25) is 4.90 Å². The number of halogens is 2. The fourth-order valence-corrected chi connectivity index (χ4v) is 3.01. The fourth-order valence-electron chi connectivity index (χ4n) is 2.80. The minimum absolute atomic E-state index is 0.109. The Morgan fingerprint density at radius 1 is 1.48 bits per heavy atom. The van der Waals surface area contributed by atoms with Crippen molar-refractivity contribution < 1.29 is 9.13 Å². The molecule has 0 radical (unpaired) electrons. The molecule has 2 unspecified atom stereocenters. The Bertz CT molecular complexity index is 458. The van der Waals surface area contributed by atoms with E-state index in [1.54, 1.807) is 6.07 Å². The lowest BCUT2D eigenvalue weighted by Gasteiger charge is -2.37. The third-order valence-corrected chi connectivity index (χ3v) is 4.43. The van der Waals surface area contributed by atoms with Gasteiger partial charge in [-0.15, -0.1) is 0 Å². The van der Waals surface area contributed by atoms with Gasteiger partial charge in [0.05, 0.1) is 17.7 Å². The van der Waals surface area contributed by atoms with Gasteiger partial charge in [-0.05, 0) is 31.1 Å². The van der Waals surface area contributed by atoms with Crippen LogP contribution in [0, 0.1) is 5.82 Å². The first kappa shape index (κ1) is 16.7. The largest absolute Gasteiger partial charge is 0.374 e. The molecule has 1 saturated heterocycles. The summed E-state index contributed by atoms with van der Waals surface area (Å²) in [5, 5.41) is 3.68. The Labute approximate surface area is 131 Å². The summed E-state index contributed by atoms with van der Waals surface area (Å²) in [5.41, 5.74) is 0.833. The first-order valence-electron chi connectivity index (χ1n) is 7.65. The third-order valence-electron chi connectivity index (χ3n) is 4.01. The minimum Gasteiger partial charge on any atom is -0.374 e. The summed E-state index contributed by atoms with van der Waals surface area (Å²) >= 11 is 6.08. The van der Waals surface area contributed by atoms with Gasteiger partial charge in [-0.2, -0.15) is 0 Å². The van der Waals surface area contributed by atoms with Crippen LogP contribution < -0.4 is 5.32 Å². The van der Waals surface area contributed by atoms with E-state index in [9.17, 15) is 4.39 Å². The molecule has 1 aliphatic rings. The molecule has 118 valence electrons. The molecule has 1 aromatic carbocycles. The van der Waals surface area contributed by atoms with Crippen LogP contribution in [-0.2, 0) is 11.2 Å². The van der Waals surface area contributed by atoms with E-state index in [1.807, 2.05) is 6.07 Å². The summed E-state index contributed by atoms with van der Waals surface area (Å²) in [7, 11) is 0. The molecular weight excluding hydrogens is 291 g/mol. The summed E-state index contributed by atoms with van der Waals surface area (Å²) in [4.78, 5) is 2.38. The van der Waals surface area contributed by atoms with Crippen molar-refractivity contribution in [2.45, 2.75) is 32.4 Å². The van der Waals surface area contributed by atoms with Gasteiger partial charge in [0.2, 0.25) is 0 Å². The summed E-state index contributed by atoms with van der Waals surface area (Å²) in [5.74, 6) is -0.357. The molecule has 0 saturated carbocycles. The number of hydrogen-bond acceptors (Lipinski definition) is 3. The molecule has 1 fully saturated rings. The zero-order chi connectivity index (χ0) is 15.2. The molecule has 0 bridgehead atoms. The van der Waals surface area contributed by atoms with Gasteiger partial charge in [0.15, 0.2) is 0 Å². The van der Waals surface area contributed by atoms with E-state index in [4.69, 9.17) is 16.3 Å². The van der Waals surface area contributed by atoms with Gasteiger partial charge in [0.1, 0.15) is 5.82 Å². The van der Waals surface area contributed by atoms with Crippen molar-refractivity contribution >= 4 is 11.6 Å². The second-order valence-corrected chi connectivity index (χ2v) is 5.76. The highest BCUT2D eigenvalue weighted by molar-refractivity contribution is 6.31. The Kier molecular flexibility index (Phi) is 6.42. The van der Waals surface area contributed by atoms with Crippen LogP contribution in [0.25, 0.3) is 0 Å². The van der Waals surface area contributed by atoms with E-state index in [-0.39, 0.29) is 23.0 Å². The highest BCUT2D eigenvalue weighted by Gasteiger charge is 2.27. The maximum atomic E-state index is 13.6. The number of morpholine rings is 1. The molecule has 1 aromatic rings. The standard InChI is InChI=1S/C16H24ClFN2O/c1-3-19-14(15-11-20(4-2)8-9-21-15)10-12-6-5-7-13(18)16(12)17/h5-7,14-15,19H,3-4,8-11H2,1-2H3. The summed E-state index contributed by atoms with van der Waals surface area (Å²) in [6, 6.07) is 5.13. The van der Waals surface area contributed by atoms with Gasteiger partial charge in [-0.1, -0.05) is 37.6 Å². The molecule has 1 N–H and O–H groups in total. The molecule has 2 atom stereocenters. The van der Waals surface area contributed by atoms with Crippen LogP contribution >= 0.6 is 11.6 Å². The van der Waals surface area contributed by atoms with Crippen molar-refractivity contribution in [1.82, 2.24) is 10.2 Å². The lowest BCUT2D eigenvalue weighted by atomic mass is 9.99. The number of rotatable bonds is 6. The first-order valence-corrected chi connectivity index (χ1v) is 8.03. The van der Waals surface area contributed by atoms with E-state index < -0.39 is 0 Å². The number of hydrogen-bond donors (Lipinski definition) is 1. The highest BCUT2D eigenvalue weighted by Crippen LogP contribution is 2.22. The lowest BCUT2D eigenvalue weighted by molar-refractivity contribution is -0.0445. The van der Waals surface area contributed by atoms with Crippen molar-refractivity contribution in [3.8, 4) is 0 Å². The van der Waals surface area contributed by atoms with Gasteiger partial charge in [0.25, 0.3) is 0 Å². The fraction of sp³-hybridized carbons (Fsp3) is 0.625. The zero-order valence-corrected chi connectivity index (χ0v) is 13.5. The first-order chi connectivity index (χ1) is 10.2. The Balaban J connectivity index is 2.09. The quantitative estimate of drug-likeness (QED) is 0.874. The molecule has 1 aliphatic heterocycles. The SMILES string of the molecule is CCNC(Cc1cccc(F)c1Cl)C1CN(CC)CCO1. The highest BCUT2D eigenvalue weighted by atomic mass is 35.5. The van der Waals surface area contributed by atoms with Gasteiger partial charge >= 0.3 is 0 Å². The van der Waals surface area contributed by atoms with E-state index in [1.165, 1.54) is 6.07 Å². The lowest BCUT2D eigenvalue weighted by Crippen LogP contribution is -2.53. The number of nitrogens with one attached hydrogen (secondary N) is 1. The van der Waals surface area contributed by atoms with Crippen LogP contribution in [0.3, 0.4) is 0 Å². The Morgan fingerprint density at radius 3 is 3.00 bits per heavy atom. The number of benzene rings is 1. The molecule has 0 spiro atoms. The Hall–Kier alpha value is -0.680. The van der Waals surface area contributed by atoms with Crippen LogP contribution in [-0.4, -0.2) is 49.8 Å². The Morgan fingerprint density at radius 2 is 2.29 bits per heavy atom. The summed E-state index contributed by atoms with van der Waals surface area (Å²) < 4.78 is 19.5. The predicted molar refractivity (Wildman–Crippen MR) is 84.4 cm³/mol. The maximum Gasteiger partial charge on any atom is 0.142 e. The minimum atomic E-state index is -0.357. The second kappa shape index (κ2) is 8.08. The van der Waals surface area contributed by atoms with E-state index in [2.05, 4.69) is 24.1 Å². The normalized spacial score (nSPS) is 21.4. The predicted octanol–water partition coefficient (Wildman–Crippen LogP) is 2.72. The van der Waals surface area contributed by atoms with Crippen LogP contribution in [0.15, 0.2) is 18.2 Å². The zero-order valence-electron chi connectivity index (χ0n) is 12.7. The number of likely N-dealkylation sites (N-methyl/N-ethyl adjacent to an activating group) is 2. The van der Waals surface area contributed by atoms with E-state index in [0.29, 0.717) is 6.42 Å². The summed E-state index contributed by atoms with van der Waals surface area (Å²) in [6.07, 6.45) is 0.783. The molecule has 0 aromatic heterocycles. The topological polar surface area (TPSA) is 24.5 Å². The van der Waals surface area contributed by atoms with Crippen molar-refractivity contribution in [3.63, 3.8) is 0 Å². The van der Waals surface area contributed by atoms with E-state index >= 15 is 0 Å². The summed E-state index contributed by atoms with van der Waals surface area (Å²) in [6.45, 7) is 8.74. The molecule has 1 heterocycles. The monoisotopic (exact) mass is 314 g/mol. The van der Waals surface area contributed by atoms with E-state index in [0.717, 1.165) is 38.3 Å². The molecular formula is C16H24ClFN2O. The van der Waals surface area contributed by atoms with Crippen LogP contribution in [0.2, 0.25) is 5.02 Å². The smallest absolute Gasteiger partial charge is 0.142 e. The average molecular weight is 315 g/mol. The van der Waals surface area contributed by atoms with Crippen molar-refractivity contribution in [2.24, 2.45) is 0 Å². The average Bonchev–Trinajstić information content (AvgIpc) is 2.51. The van der Waals surface area contributed by atoms with Gasteiger partial charge in [-0.25, -0.2) is 4.39 Å². The maximum absolute atomic E-state index is 13.6. The molecule has 0 aliphatic carbocycles. The van der Waals surface area contributed by atoms with Crippen molar-refractivity contribution in [3.05, 3.63) is 34.6 Å². The molecule has 3 nitrogen and oxygen atoms in total. The van der Waals surface area contributed by atoms with Crippen LogP contribution in [0.1, 0.15) is 19.4 Å². The molecule has 5 heteroatoms. The van der Waals surface area contributed by atoms with Gasteiger partial charge in [0, 0.05) is 19.1 Å². The third kappa shape index (κ3) is 4.39. The van der Waals surface area contributed by atoms with Gasteiger partial charge < -0.3 is 10.1 Å². The molecule has 0 amide bonds. The molecule has 21 heavy (non-hydrogen) atoms. The molecule has 2 rings (SSSR count). The van der Waals surface area contributed by atoms with Crippen LogP contribution in [0.4, 0.5) is 4.39 Å².